The van der Waals surface area contributed by atoms with Gasteiger partial charge in [0.05, 0.1) is 0 Å². The van der Waals surface area contributed by atoms with Crippen LogP contribution in [0.15, 0.2) is 48.7 Å². The lowest BCUT2D eigenvalue weighted by Gasteiger charge is -2.11. The molecule has 0 fully saturated rings. The summed E-state index contributed by atoms with van der Waals surface area (Å²) in [6.07, 6.45) is 7.73. The quantitative estimate of drug-likeness (QED) is 0.610. The van der Waals surface area contributed by atoms with Gasteiger partial charge in [-0.25, -0.2) is 0 Å². The summed E-state index contributed by atoms with van der Waals surface area (Å²) in [7, 11) is 0. The van der Waals surface area contributed by atoms with E-state index in [2.05, 4.69) is 24.6 Å². The van der Waals surface area contributed by atoms with Gasteiger partial charge in [-0.1, -0.05) is 31.4 Å². The Bertz CT molecular complexity index is 214. The molecule has 1 nitrogen and oxygen atoms in total. The van der Waals surface area contributed by atoms with Crippen molar-refractivity contribution >= 4 is 0 Å². The topological polar surface area (TPSA) is 12.0 Å². The Morgan fingerprint density at radius 3 is 2.80 bits per heavy atom. The van der Waals surface area contributed by atoms with Gasteiger partial charge in [0, 0.05) is 13.7 Å². The summed E-state index contributed by atoms with van der Waals surface area (Å²) in [6, 6.07) is 0. The maximum Gasteiger partial charge on any atom is 0.0409 e. The van der Waals surface area contributed by atoms with Crippen LogP contribution in [0.2, 0.25) is 0 Å². The molecule has 0 aromatic heterocycles. The first-order valence-electron chi connectivity index (χ1n) is 3.28. The first kappa shape index (κ1) is 6.87. The highest BCUT2D eigenvalue weighted by Crippen LogP contribution is 2.08. The molecule has 54 valence electrons. The van der Waals surface area contributed by atoms with Crippen LogP contribution in [0.3, 0.4) is 0 Å². The maximum absolute atomic E-state index is 3.69. The van der Waals surface area contributed by atoms with E-state index in [4.69, 9.17) is 0 Å². The van der Waals surface area contributed by atoms with Crippen LogP contribution in [0.5, 0.6) is 0 Å². The summed E-state index contributed by atoms with van der Waals surface area (Å²) in [4.78, 5) is 0. The van der Waals surface area contributed by atoms with Crippen molar-refractivity contribution in [3.8, 4) is 0 Å². The third-order valence-corrected chi connectivity index (χ3v) is 1.44. The second kappa shape index (κ2) is 3.06. The minimum Gasteiger partial charge on any atom is -0.381 e. The molecule has 1 heterocycles. The molecule has 0 aliphatic carbocycles. The third kappa shape index (κ3) is 1.18. The van der Waals surface area contributed by atoms with Gasteiger partial charge >= 0.3 is 0 Å². The Morgan fingerprint density at radius 2 is 2.30 bits per heavy atom. The van der Waals surface area contributed by atoms with Crippen LogP contribution < -0.4 is 5.32 Å². The molecule has 10 heavy (non-hydrogen) atoms. The Labute approximate surface area is 62.9 Å². The predicted octanol–water partition coefficient (Wildman–Crippen LogP) is 2.02. The number of allylic oxidation sites excluding steroid dienone is 4. The number of dihydropyridines is 1. The van der Waals surface area contributed by atoms with Gasteiger partial charge in [-0.2, -0.15) is 0 Å². The smallest absolute Gasteiger partial charge is 0.0409 e. The molecule has 1 aliphatic heterocycles. The summed E-state index contributed by atoms with van der Waals surface area (Å²) in [5, 5.41) is 3.17. The summed E-state index contributed by atoms with van der Waals surface area (Å²) < 4.78 is 0. The average Bonchev–Trinajstić information content (AvgIpc) is 2.04. The molecule has 0 amide bonds. The molecular formula is C9H13N. The zero-order chi connectivity index (χ0) is 7.40. The van der Waals surface area contributed by atoms with Crippen LogP contribution in [-0.2, 0) is 0 Å². The van der Waals surface area contributed by atoms with Crippen LogP contribution in [-0.4, -0.2) is 6.54 Å². The highest BCUT2D eigenvalue weighted by molar-refractivity contribution is 5.40. The van der Waals surface area contributed by atoms with E-state index in [9.17, 15) is 0 Å². The van der Waals surface area contributed by atoms with Crippen molar-refractivity contribution in [3.63, 3.8) is 0 Å². The van der Waals surface area contributed by atoms with E-state index in [1.165, 1.54) is 0 Å². The standard InChI is InChI=1S/C9H11N.H2/c1-3-8-6-5-7-10-9(8)4-2;/h3-6,10H,1-2,7H2;1H. The van der Waals surface area contributed by atoms with E-state index < -0.39 is 0 Å². The molecule has 1 heteroatoms. The van der Waals surface area contributed by atoms with Gasteiger partial charge in [-0.05, 0) is 11.6 Å². The summed E-state index contributed by atoms with van der Waals surface area (Å²) in [5.41, 5.74) is 2.18. The number of hydrogen-bond donors (Lipinski definition) is 1. The van der Waals surface area contributed by atoms with Crippen molar-refractivity contribution in [3.05, 3.63) is 48.7 Å². The van der Waals surface area contributed by atoms with E-state index in [0.717, 1.165) is 17.8 Å². The molecule has 0 bridgehead atoms. The highest BCUT2D eigenvalue weighted by Gasteiger charge is 1.98. The minimum atomic E-state index is 0. The van der Waals surface area contributed by atoms with Gasteiger partial charge in [0.1, 0.15) is 0 Å². The Balaban J connectivity index is 0.000001000. The summed E-state index contributed by atoms with van der Waals surface area (Å²) in [5.74, 6) is 0. The van der Waals surface area contributed by atoms with Crippen LogP contribution in [0.1, 0.15) is 1.43 Å². The lowest BCUT2D eigenvalue weighted by atomic mass is 10.1. The van der Waals surface area contributed by atoms with E-state index in [0.29, 0.717) is 0 Å². The van der Waals surface area contributed by atoms with Crippen molar-refractivity contribution in [2.75, 3.05) is 6.54 Å². The van der Waals surface area contributed by atoms with E-state index in [1.807, 2.05) is 12.2 Å². The van der Waals surface area contributed by atoms with E-state index in [-0.39, 0.29) is 1.43 Å². The lowest BCUT2D eigenvalue weighted by molar-refractivity contribution is 0.911. The SMILES string of the molecule is C=CC1=C(C=C)NCC=C1.[HH]. The molecule has 1 rings (SSSR count). The van der Waals surface area contributed by atoms with E-state index in [1.54, 1.807) is 6.08 Å². The molecule has 0 radical (unpaired) electrons. The molecule has 0 saturated carbocycles. The minimum absolute atomic E-state index is 0. The molecule has 0 saturated heterocycles. The fourth-order valence-corrected chi connectivity index (χ4v) is 0.915. The molecule has 0 aromatic carbocycles. The normalized spacial score (nSPS) is 16.4. The molecule has 0 aromatic rings. The Kier molecular flexibility index (Phi) is 2.11. The van der Waals surface area contributed by atoms with Crippen LogP contribution in [0.25, 0.3) is 0 Å². The van der Waals surface area contributed by atoms with Gasteiger partial charge in [0.2, 0.25) is 0 Å². The number of nitrogens with one attached hydrogen (secondary N) is 1. The Hall–Kier alpha value is -1.24. The van der Waals surface area contributed by atoms with Crippen molar-refractivity contribution in [2.45, 2.75) is 0 Å². The van der Waals surface area contributed by atoms with Crippen molar-refractivity contribution in [1.29, 1.82) is 0 Å². The number of rotatable bonds is 2. The third-order valence-electron chi connectivity index (χ3n) is 1.44. The second-order valence-corrected chi connectivity index (χ2v) is 2.06. The van der Waals surface area contributed by atoms with Crippen LogP contribution in [0.4, 0.5) is 0 Å². The fraction of sp³-hybridized carbons (Fsp3) is 0.111. The van der Waals surface area contributed by atoms with E-state index >= 15 is 0 Å². The van der Waals surface area contributed by atoms with Gasteiger partial charge < -0.3 is 5.32 Å². The molecular weight excluding hydrogens is 122 g/mol. The molecule has 0 atom stereocenters. The largest absolute Gasteiger partial charge is 0.381 e. The van der Waals surface area contributed by atoms with Crippen molar-refractivity contribution < 1.29 is 1.43 Å². The second-order valence-electron chi connectivity index (χ2n) is 2.06. The zero-order valence-corrected chi connectivity index (χ0v) is 5.93. The van der Waals surface area contributed by atoms with Gasteiger partial charge in [0.15, 0.2) is 0 Å². The van der Waals surface area contributed by atoms with Gasteiger partial charge in [0.25, 0.3) is 0 Å². The average molecular weight is 135 g/mol. The van der Waals surface area contributed by atoms with Gasteiger partial charge in [-0.15, -0.1) is 0 Å². The van der Waals surface area contributed by atoms with Gasteiger partial charge in [-0.3, -0.25) is 0 Å². The Morgan fingerprint density at radius 1 is 1.50 bits per heavy atom. The van der Waals surface area contributed by atoms with Crippen molar-refractivity contribution in [1.82, 2.24) is 5.32 Å². The molecule has 0 unspecified atom stereocenters. The lowest BCUT2D eigenvalue weighted by Crippen LogP contribution is -2.15. The monoisotopic (exact) mass is 135 g/mol. The van der Waals surface area contributed by atoms with Crippen LogP contribution >= 0.6 is 0 Å². The zero-order valence-electron chi connectivity index (χ0n) is 5.93. The predicted molar refractivity (Wildman–Crippen MR) is 46.7 cm³/mol. The fourth-order valence-electron chi connectivity index (χ4n) is 0.915. The first-order valence-corrected chi connectivity index (χ1v) is 3.28. The maximum atomic E-state index is 3.69. The first-order chi connectivity index (χ1) is 4.88. The summed E-state index contributed by atoms with van der Waals surface area (Å²) >= 11 is 0. The molecule has 0 spiro atoms. The molecule has 1 aliphatic rings. The van der Waals surface area contributed by atoms with Crippen LogP contribution in [0, 0.1) is 0 Å². The number of hydrogen-bond acceptors (Lipinski definition) is 1. The highest BCUT2D eigenvalue weighted by atomic mass is 14.9. The molecule has 1 N–H and O–H groups in total. The van der Waals surface area contributed by atoms with Crippen molar-refractivity contribution in [2.24, 2.45) is 0 Å². The summed E-state index contributed by atoms with van der Waals surface area (Å²) in [6.45, 7) is 8.25.